The van der Waals surface area contributed by atoms with Crippen molar-refractivity contribution < 1.29 is 9.53 Å². The molecule has 0 radical (unpaired) electrons. The fraction of sp³-hybridized carbons (Fsp3) is 0.562. The second kappa shape index (κ2) is 6.98. The number of ether oxygens (including phenoxy) is 1. The second-order valence-electron chi connectivity index (χ2n) is 5.62. The summed E-state index contributed by atoms with van der Waals surface area (Å²) in [5.74, 6) is 1.79. The number of nitrogens with one attached hydrogen (secondary N) is 1. The summed E-state index contributed by atoms with van der Waals surface area (Å²) in [6, 6.07) is 7.49. The highest BCUT2D eigenvalue weighted by Gasteiger charge is 2.27. The quantitative estimate of drug-likeness (QED) is 0.843. The van der Waals surface area contributed by atoms with E-state index in [-0.39, 0.29) is 18.1 Å². The third-order valence-electron chi connectivity index (χ3n) is 3.66. The summed E-state index contributed by atoms with van der Waals surface area (Å²) in [6.07, 6.45) is 3.41. The average molecular weight is 296 g/mol. The van der Waals surface area contributed by atoms with Crippen molar-refractivity contribution in [1.82, 2.24) is 5.32 Å². The normalized spacial score (nSPS) is 22.0. The Hall–Kier alpha value is -1.22. The Morgan fingerprint density at radius 1 is 1.35 bits per heavy atom. The number of carbonyl (C=O) groups excluding carboxylic acids is 1. The summed E-state index contributed by atoms with van der Waals surface area (Å²) in [5.41, 5.74) is 0.668. The van der Waals surface area contributed by atoms with Gasteiger partial charge in [0.1, 0.15) is 5.75 Å². The molecule has 2 atom stereocenters. The molecule has 2 rings (SSSR count). The van der Waals surface area contributed by atoms with Crippen molar-refractivity contribution in [2.75, 3.05) is 5.88 Å². The molecule has 4 heteroatoms. The predicted octanol–water partition coefficient (Wildman–Crippen LogP) is 3.61. The lowest BCUT2D eigenvalue weighted by atomic mass is 10.1. The maximum atomic E-state index is 12.2. The summed E-state index contributed by atoms with van der Waals surface area (Å²) in [4.78, 5) is 12.2. The van der Waals surface area contributed by atoms with E-state index in [9.17, 15) is 4.79 Å². The van der Waals surface area contributed by atoms with Crippen LogP contribution in [0.5, 0.6) is 5.75 Å². The lowest BCUT2D eigenvalue weighted by Crippen LogP contribution is -2.37. The van der Waals surface area contributed by atoms with Crippen molar-refractivity contribution in [3.05, 3.63) is 29.8 Å². The van der Waals surface area contributed by atoms with Gasteiger partial charge in [-0.1, -0.05) is 6.42 Å². The first-order valence-corrected chi connectivity index (χ1v) is 7.77. The number of halogens is 1. The van der Waals surface area contributed by atoms with E-state index in [2.05, 4.69) is 5.32 Å². The van der Waals surface area contributed by atoms with E-state index >= 15 is 0 Å². The van der Waals surface area contributed by atoms with Gasteiger partial charge in [0.15, 0.2) is 0 Å². The topological polar surface area (TPSA) is 38.3 Å². The van der Waals surface area contributed by atoms with Crippen LogP contribution >= 0.6 is 11.6 Å². The highest BCUT2D eigenvalue weighted by atomic mass is 35.5. The molecule has 1 aromatic rings. The monoisotopic (exact) mass is 295 g/mol. The van der Waals surface area contributed by atoms with E-state index < -0.39 is 0 Å². The third-order valence-corrected chi connectivity index (χ3v) is 4.06. The standard InChI is InChI=1S/C16H22ClNO2/c1-11(2)20-14-8-6-12(7-9-14)16(19)18-15-5-3-4-13(15)10-17/h6-9,11,13,15H,3-5,10H2,1-2H3,(H,18,19). The Morgan fingerprint density at radius 2 is 2.05 bits per heavy atom. The fourth-order valence-electron chi connectivity index (χ4n) is 2.62. The number of hydrogen-bond acceptors (Lipinski definition) is 2. The SMILES string of the molecule is CC(C)Oc1ccc(C(=O)NC2CCCC2CCl)cc1. The second-order valence-corrected chi connectivity index (χ2v) is 5.92. The molecule has 110 valence electrons. The molecule has 0 aromatic heterocycles. The van der Waals surface area contributed by atoms with Gasteiger partial charge in [-0.05, 0) is 56.9 Å². The van der Waals surface area contributed by atoms with Gasteiger partial charge in [-0.25, -0.2) is 0 Å². The predicted molar refractivity (Wildman–Crippen MR) is 81.5 cm³/mol. The fourth-order valence-corrected chi connectivity index (χ4v) is 2.99. The van der Waals surface area contributed by atoms with Crippen molar-refractivity contribution in [2.24, 2.45) is 5.92 Å². The maximum Gasteiger partial charge on any atom is 0.251 e. The first-order valence-electron chi connectivity index (χ1n) is 7.23. The molecule has 1 N–H and O–H groups in total. The van der Waals surface area contributed by atoms with E-state index in [0.717, 1.165) is 25.0 Å². The van der Waals surface area contributed by atoms with Crippen LogP contribution in [0.1, 0.15) is 43.5 Å². The van der Waals surface area contributed by atoms with Crippen LogP contribution in [-0.2, 0) is 0 Å². The Labute approximate surface area is 125 Å². The largest absolute Gasteiger partial charge is 0.491 e. The van der Waals surface area contributed by atoms with E-state index in [0.29, 0.717) is 17.4 Å². The van der Waals surface area contributed by atoms with Crippen molar-refractivity contribution in [3.8, 4) is 5.75 Å². The minimum absolute atomic E-state index is 0.0249. The van der Waals surface area contributed by atoms with Crippen LogP contribution < -0.4 is 10.1 Å². The lowest BCUT2D eigenvalue weighted by Gasteiger charge is -2.19. The molecule has 0 saturated heterocycles. The summed E-state index contributed by atoms with van der Waals surface area (Å²) in [6.45, 7) is 3.96. The molecule has 20 heavy (non-hydrogen) atoms. The third kappa shape index (κ3) is 3.89. The highest BCUT2D eigenvalue weighted by molar-refractivity contribution is 6.18. The van der Waals surface area contributed by atoms with Crippen molar-refractivity contribution in [3.63, 3.8) is 0 Å². The molecule has 1 aliphatic carbocycles. The maximum absolute atomic E-state index is 12.2. The number of hydrogen-bond donors (Lipinski definition) is 1. The molecule has 0 aliphatic heterocycles. The Balaban J connectivity index is 1.95. The number of benzene rings is 1. The van der Waals surface area contributed by atoms with Crippen LogP contribution in [0.25, 0.3) is 0 Å². The highest BCUT2D eigenvalue weighted by Crippen LogP contribution is 2.27. The molecule has 1 saturated carbocycles. The van der Waals surface area contributed by atoms with Gasteiger partial charge in [0.05, 0.1) is 6.10 Å². The average Bonchev–Trinajstić information content (AvgIpc) is 2.86. The van der Waals surface area contributed by atoms with Crippen LogP contribution in [0.3, 0.4) is 0 Å². The van der Waals surface area contributed by atoms with Crippen LogP contribution in [0.2, 0.25) is 0 Å². The molecule has 1 amide bonds. The zero-order chi connectivity index (χ0) is 14.5. The van der Waals surface area contributed by atoms with Crippen LogP contribution in [-0.4, -0.2) is 23.9 Å². The van der Waals surface area contributed by atoms with Gasteiger partial charge in [-0.15, -0.1) is 11.6 Å². The number of carbonyl (C=O) groups is 1. The van der Waals surface area contributed by atoms with E-state index in [4.69, 9.17) is 16.3 Å². The molecule has 0 heterocycles. The molecular formula is C16H22ClNO2. The Morgan fingerprint density at radius 3 is 2.65 bits per heavy atom. The first-order chi connectivity index (χ1) is 9.60. The Bertz CT molecular complexity index is 444. The van der Waals surface area contributed by atoms with Gasteiger partial charge >= 0.3 is 0 Å². The smallest absolute Gasteiger partial charge is 0.251 e. The van der Waals surface area contributed by atoms with E-state index in [1.54, 1.807) is 12.1 Å². The van der Waals surface area contributed by atoms with Gasteiger partial charge in [0, 0.05) is 17.5 Å². The molecule has 3 nitrogen and oxygen atoms in total. The molecule has 1 fully saturated rings. The Kier molecular flexibility index (Phi) is 5.30. The number of alkyl halides is 1. The molecule has 2 unspecified atom stereocenters. The molecule has 0 bridgehead atoms. The molecule has 1 aromatic carbocycles. The summed E-state index contributed by atoms with van der Waals surface area (Å²) in [7, 11) is 0. The number of rotatable bonds is 5. The summed E-state index contributed by atoms with van der Waals surface area (Å²) >= 11 is 5.93. The minimum atomic E-state index is -0.0249. The van der Waals surface area contributed by atoms with Gasteiger partial charge in [0.25, 0.3) is 5.91 Å². The van der Waals surface area contributed by atoms with Gasteiger partial charge < -0.3 is 10.1 Å². The molecule has 0 spiro atoms. The van der Waals surface area contributed by atoms with Gasteiger partial charge in [0.2, 0.25) is 0 Å². The molecule has 1 aliphatic rings. The van der Waals surface area contributed by atoms with Gasteiger partial charge in [-0.2, -0.15) is 0 Å². The van der Waals surface area contributed by atoms with E-state index in [1.807, 2.05) is 26.0 Å². The van der Waals surface area contributed by atoms with Crippen molar-refractivity contribution in [2.45, 2.75) is 45.3 Å². The van der Waals surface area contributed by atoms with Gasteiger partial charge in [-0.3, -0.25) is 4.79 Å². The summed E-state index contributed by atoms with van der Waals surface area (Å²) < 4.78 is 5.57. The minimum Gasteiger partial charge on any atom is -0.491 e. The zero-order valence-electron chi connectivity index (χ0n) is 12.1. The van der Waals surface area contributed by atoms with Crippen LogP contribution in [0.15, 0.2) is 24.3 Å². The zero-order valence-corrected chi connectivity index (χ0v) is 12.8. The molecular weight excluding hydrogens is 274 g/mol. The lowest BCUT2D eigenvalue weighted by molar-refractivity contribution is 0.0930. The van der Waals surface area contributed by atoms with E-state index in [1.165, 1.54) is 0 Å². The van der Waals surface area contributed by atoms with Crippen molar-refractivity contribution >= 4 is 17.5 Å². The first kappa shape index (κ1) is 15.2. The van der Waals surface area contributed by atoms with Crippen LogP contribution in [0, 0.1) is 5.92 Å². The van der Waals surface area contributed by atoms with Crippen LogP contribution in [0.4, 0.5) is 0 Å². The van der Waals surface area contributed by atoms with Crippen molar-refractivity contribution in [1.29, 1.82) is 0 Å². The number of amides is 1. The summed E-state index contributed by atoms with van der Waals surface area (Å²) in [5, 5.41) is 3.09.